The Labute approximate surface area is 237 Å². The maximum atomic E-state index is 3.81. The van der Waals surface area contributed by atoms with Crippen molar-refractivity contribution in [2.75, 3.05) is 0 Å². The molecule has 2 atom stereocenters. The van der Waals surface area contributed by atoms with E-state index in [2.05, 4.69) is 168 Å². The van der Waals surface area contributed by atoms with Crippen molar-refractivity contribution in [2.45, 2.75) is 10.8 Å². The first-order valence-corrected chi connectivity index (χ1v) is 14.3. The summed E-state index contributed by atoms with van der Waals surface area (Å²) in [7, 11) is 0. The largest absolute Gasteiger partial charge is 0.0720 e. The molecule has 1 heteroatoms. The molecule has 0 N–H and O–H groups in total. The molecular weight excluding hydrogens is 536 g/mol. The number of fused-ring (bicyclic) bond motifs is 5. The molecule has 0 fully saturated rings. The van der Waals surface area contributed by atoms with E-state index in [-0.39, 0.29) is 0 Å². The van der Waals surface area contributed by atoms with Crippen molar-refractivity contribution in [2.24, 2.45) is 0 Å². The predicted octanol–water partition coefficient (Wildman–Crippen LogP) is 9.51. The zero-order valence-electron chi connectivity index (χ0n) is 21.3. The molecule has 0 radical (unpaired) electrons. The van der Waals surface area contributed by atoms with Crippen LogP contribution in [0.15, 0.2) is 156 Å². The van der Waals surface area contributed by atoms with Crippen LogP contribution in [0.25, 0.3) is 11.1 Å². The molecule has 39 heavy (non-hydrogen) atoms. The zero-order valence-corrected chi connectivity index (χ0v) is 22.9. The van der Waals surface area contributed by atoms with Crippen molar-refractivity contribution >= 4 is 15.9 Å². The van der Waals surface area contributed by atoms with E-state index in [0.29, 0.717) is 0 Å². The van der Waals surface area contributed by atoms with Gasteiger partial charge in [0.15, 0.2) is 0 Å². The van der Waals surface area contributed by atoms with Gasteiger partial charge in [-0.05, 0) is 67.8 Å². The van der Waals surface area contributed by atoms with Gasteiger partial charge in [-0.3, -0.25) is 0 Å². The summed E-state index contributed by atoms with van der Waals surface area (Å²) in [5, 5.41) is 0. The van der Waals surface area contributed by atoms with Gasteiger partial charge in [-0.2, -0.15) is 0 Å². The lowest BCUT2D eigenvalue weighted by molar-refractivity contribution is 0.626. The van der Waals surface area contributed by atoms with Crippen molar-refractivity contribution in [3.63, 3.8) is 0 Å². The van der Waals surface area contributed by atoms with Crippen LogP contribution in [0.1, 0.15) is 44.5 Å². The van der Waals surface area contributed by atoms with E-state index in [1.165, 1.54) is 55.6 Å². The van der Waals surface area contributed by atoms with Crippen molar-refractivity contribution in [1.82, 2.24) is 0 Å². The molecular formula is C38H25Br. The molecule has 0 bridgehead atoms. The third-order valence-electron chi connectivity index (χ3n) is 8.87. The summed E-state index contributed by atoms with van der Waals surface area (Å²) in [4.78, 5) is 0. The molecule has 0 saturated carbocycles. The number of halogens is 1. The molecule has 6 aromatic carbocycles. The van der Waals surface area contributed by atoms with Crippen molar-refractivity contribution in [3.8, 4) is 11.1 Å². The molecule has 2 unspecified atom stereocenters. The normalized spacial score (nSPS) is 20.1. The molecule has 2 aliphatic rings. The van der Waals surface area contributed by atoms with Gasteiger partial charge in [0.25, 0.3) is 0 Å². The van der Waals surface area contributed by atoms with Crippen LogP contribution in [0, 0.1) is 0 Å². The van der Waals surface area contributed by atoms with Crippen LogP contribution < -0.4 is 0 Å². The summed E-state index contributed by atoms with van der Waals surface area (Å²) < 4.78 is 1.09. The Balaban J connectivity index is 1.65. The van der Waals surface area contributed by atoms with Crippen LogP contribution in [0.4, 0.5) is 0 Å². The van der Waals surface area contributed by atoms with E-state index >= 15 is 0 Å². The highest BCUT2D eigenvalue weighted by Crippen LogP contribution is 2.65. The highest BCUT2D eigenvalue weighted by atomic mass is 79.9. The first kappa shape index (κ1) is 22.8. The van der Waals surface area contributed by atoms with E-state index in [1.54, 1.807) is 0 Å². The number of hydrogen-bond acceptors (Lipinski definition) is 0. The molecule has 184 valence electrons. The second kappa shape index (κ2) is 8.40. The third kappa shape index (κ3) is 2.84. The lowest BCUT2D eigenvalue weighted by atomic mass is 9.52. The van der Waals surface area contributed by atoms with Gasteiger partial charge in [-0.1, -0.05) is 155 Å². The van der Waals surface area contributed by atoms with Crippen LogP contribution in [0.3, 0.4) is 0 Å². The fourth-order valence-corrected chi connectivity index (χ4v) is 7.98. The van der Waals surface area contributed by atoms with Crippen LogP contribution in [-0.2, 0) is 10.8 Å². The minimum absolute atomic E-state index is 0.398. The van der Waals surface area contributed by atoms with Gasteiger partial charge in [-0.25, -0.2) is 0 Å². The average molecular weight is 562 g/mol. The van der Waals surface area contributed by atoms with E-state index in [9.17, 15) is 0 Å². The van der Waals surface area contributed by atoms with Gasteiger partial charge in [0.05, 0.1) is 10.8 Å². The van der Waals surface area contributed by atoms with Gasteiger partial charge in [0, 0.05) is 4.47 Å². The quantitative estimate of drug-likeness (QED) is 0.202. The maximum Gasteiger partial charge on any atom is 0.0720 e. The van der Waals surface area contributed by atoms with Gasteiger partial charge in [0.1, 0.15) is 0 Å². The smallest absolute Gasteiger partial charge is 0.0622 e. The molecule has 6 aromatic rings. The van der Waals surface area contributed by atoms with E-state index in [4.69, 9.17) is 0 Å². The first-order valence-electron chi connectivity index (χ1n) is 13.5. The Bertz CT molecular complexity index is 1870. The molecule has 0 spiro atoms. The summed E-state index contributed by atoms with van der Waals surface area (Å²) in [5.74, 6) is 0. The molecule has 8 rings (SSSR count). The van der Waals surface area contributed by atoms with Crippen molar-refractivity contribution < 1.29 is 0 Å². The molecule has 0 aromatic heterocycles. The Hall–Kier alpha value is -4.20. The van der Waals surface area contributed by atoms with Crippen molar-refractivity contribution in [1.29, 1.82) is 0 Å². The highest BCUT2D eigenvalue weighted by Gasteiger charge is 2.57. The SMILES string of the molecule is Brc1cccc(C2(c3ccccc3)c3ccccc3C3(c4ccccc4)c4ccccc4-c4cccc2c43)c1. The van der Waals surface area contributed by atoms with Gasteiger partial charge < -0.3 is 0 Å². The predicted molar refractivity (Wildman–Crippen MR) is 163 cm³/mol. The zero-order chi connectivity index (χ0) is 26.0. The summed E-state index contributed by atoms with van der Waals surface area (Å²) >= 11 is 3.81. The van der Waals surface area contributed by atoms with Crippen LogP contribution >= 0.6 is 15.9 Å². The first-order chi connectivity index (χ1) is 19.3. The highest BCUT2D eigenvalue weighted by molar-refractivity contribution is 9.10. The topological polar surface area (TPSA) is 0 Å². The summed E-state index contributed by atoms with van der Waals surface area (Å²) in [6.07, 6.45) is 0. The minimum atomic E-state index is -0.479. The summed E-state index contributed by atoms with van der Waals surface area (Å²) in [6, 6.07) is 56.2. The monoisotopic (exact) mass is 560 g/mol. The minimum Gasteiger partial charge on any atom is -0.0622 e. The number of benzene rings is 6. The van der Waals surface area contributed by atoms with Gasteiger partial charge in [-0.15, -0.1) is 0 Å². The Morgan fingerprint density at radius 3 is 1.54 bits per heavy atom. The molecule has 2 aliphatic carbocycles. The second-order valence-electron chi connectivity index (χ2n) is 10.6. The average Bonchev–Trinajstić information content (AvgIpc) is 3.31. The fourth-order valence-electron chi connectivity index (χ4n) is 7.58. The Kier molecular flexibility index (Phi) is 4.90. The van der Waals surface area contributed by atoms with Crippen molar-refractivity contribution in [3.05, 3.63) is 201 Å². The summed E-state index contributed by atoms with van der Waals surface area (Å²) in [5.41, 5.74) is 12.4. The molecule has 0 aliphatic heterocycles. The standard InChI is InChI=1S/C38H25Br/c39-29-18-11-17-28(25-29)37(26-13-3-1-4-14-26)33-22-9-10-23-34(33)38(27-15-5-2-6-16-27)32-21-8-7-19-30(32)31-20-12-24-35(37)36(31)38/h1-25H. The van der Waals surface area contributed by atoms with Gasteiger partial charge in [0.2, 0.25) is 0 Å². The lowest BCUT2D eigenvalue weighted by Crippen LogP contribution is -2.44. The molecule has 0 amide bonds. The maximum absolute atomic E-state index is 3.81. The van der Waals surface area contributed by atoms with Crippen LogP contribution in [-0.4, -0.2) is 0 Å². The van der Waals surface area contributed by atoms with Gasteiger partial charge >= 0.3 is 0 Å². The van der Waals surface area contributed by atoms with E-state index in [1.807, 2.05) is 0 Å². The second-order valence-corrected chi connectivity index (χ2v) is 11.5. The summed E-state index contributed by atoms with van der Waals surface area (Å²) in [6.45, 7) is 0. The third-order valence-corrected chi connectivity index (χ3v) is 9.36. The van der Waals surface area contributed by atoms with E-state index in [0.717, 1.165) is 4.47 Å². The fraction of sp³-hybridized carbons (Fsp3) is 0.0526. The molecule has 0 nitrogen and oxygen atoms in total. The lowest BCUT2D eigenvalue weighted by Gasteiger charge is -2.49. The molecule has 0 heterocycles. The van der Waals surface area contributed by atoms with E-state index < -0.39 is 10.8 Å². The Morgan fingerprint density at radius 2 is 0.846 bits per heavy atom. The molecule has 0 saturated heterocycles. The van der Waals surface area contributed by atoms with Crippen LogP contribution in [0.2, 0.25) is 0 Å². The number of rotatable bonds is 3. The number of hydrogen-bond donors (Lipinski definition) is 0. The van der Waals surface area contributed by atoms with Crippen LogP contribution in [0.5, 0.6) is 0 Å². The Morgan fingerprint density at radius 1 is 0.359 bits per heavy atom.